The average Bonchev–Trinajstić information content (AvgIpc) is 3.73. The van der Waals surface area contributed by atoms with Crippen LogP contribution in [0.5, 0.6) is 0 Å². The number of hydrogen-bond acceptors (Lipinski definition) is 1. The summed E-state index contributed by atoms with van der Waals surface area (Å²) in [6.45, 7) is 0. The summed E-state index contributed by atoms with van der Waals surface area (Å²) < 4.78 is 130. The molecule has 0 N–H and O–H groups in total. The van der Waals surface area contributed by atoms with Gasteiger partial charge in [-0.15, -0.1) is 0 Å². The molecule has 2 nitrogen and oxygen atoms in total. The van der Waals surface area contributed by atoms with Crippen LogP contribution >= 0.6 is 0 Å². The Morgan fingerprint density at radius 3 is 1.36 bits per heavy atom. The predicted octanol–water partition coefficient (Wildman–Crippen LogP) is 13.7. The zero-order valence-electron chi connectivity index (χ0n) is 42.9. The number of imidazole rings is 1. The maximum atomic E-state index is 8.91. The lowest BCUT2D eigenvalue weighted by Gasteiger charge is -2.19. The van der Waals surface area contributed by atoms with Gasteiger partial charge in [0.25, 0.3) is 0 Å². The highest BCUT2D eigenvalue weighted by Gasteiger charge is 2.19. The normalized spacial score (nSPS) is 15.4. The average molecular weight is 690 g/mol. The number of benzene rings is 9. The molecule has 1 aromatic heterocycles. The van der Waals surface area contributed by atoms with Gasteiger partial charge in [-0.05, 0) is 108 Å². The smallest absolute Gasteiger partial charge is 0.145 e. The molecule has 2 heteroatoms. The van der Waals surface area contributed by atoms with E-state index in [-0.39, 0.29) is 40.0 Å². The van der Waals surface area contributed by atoms with Crippen molar-refractivity contribution in [3.05, 3.63) is 206 Å². The molecule has 9 aromatic carbocycles. The van der Waals surface area contributed by atoms with Crippen molar-refractivity contribution in [1.82, 2.24) is 9.55 Å². The van der Waals surface area contributed by atoms with E-state index in [0.717, 1.165) is 32.7 Å². The summed E-state index contributed by atoms with van der Waals surface area (Å²) in [7, 11) is 0. The van der Waals surface area contributed by atoms with Crippen molar-refractivity contribution in [2.24, 2.45) is 0 Å². The fourth-order valence-electron chi connectivity index (χ4n) is 7.19. The van der Waals surface area contributed by atoms with Crippen molar-refractivity contribution >= 4 is 32.6 Å². The van der Waals surface area contributed by atoms with E-state index >= 15 is 0 Å². The maximum Gasteiger partial charge on any atom is 0.145 e. The van der Waals surface area contributed by atoms with E-state index < -0.39 is 78.6 Å². The van der Waals surface area contributed by atoms with Gasteiger partial charge >= 0.3 is 0 Å². The quantitative estimate of drug-likeness (QED) is 0.159. The molecular weight excluding hydrogens is 641 g/mol. The lowest BCUT2D eigenvalue weighted by atomic mass is 9.84. The molecule has 0 bridgehead atoms. The summed E-state index contributed by atoms with van der Waals surface area (Å²) >= 11 is 0. The van der Waals surface area contributed by atoms with E-state index in [4.69, 9.17) is 25.5 Å². The first-order valence-electron chi connectivity index (χ1n) is 24.4. The molecule has 53 heavy (non-hydrogen) atoms. The van der Waals surface area contributed by atoms with E-state index in [2.05, 4.69) is 0 Å². The topological polar surface area (TPSA) is 17.8 Å². The zero-order valence-corrected chi connectivity index (χ0v) is 27.9. The molecule has 0 unspecified atom stereocenters. The zero-order chi connectivity index (χ0) is 48.2. The largest absolute Gasteiger partial charge is 0.292 e. The van der Waals surface area contributed by atoms with Crippen LogP contribution in [0.3, 0.4) is 0 Å². The molecule has 10 rings (SSSR count). The van der Waals surface area contributed by atoms with Gasteiger partial charge in [0.2, 0.25) is 0 Å². The van der Waals surface area contributed by atoms with Crippen LogP contribution < -0.4 is 0 Å². The predicted molar refractivity (Wildman–Crippen MR) is 223 cm³/mol. The molecular formula is C51H34N2. The van der Waals surface area contributed by atoms with Crippen LogP contribution in [-0.2, 0) is 0 Å². The van der Waals surface area contributed by atoms with Crippen LogP contribution in [-0.4, -0.2) is 9.55 Å². The van der Waals surface area contributed by atoms with Crippen LogP contribution in [0.1, 0.15) is 20.6 Å². The molecule has 10 aromatic rings. The molecule has 0 saturated heterocycles. The van der Waals surface area contributed by atoms with E-state index in [1.54, 1.807) is 34.9 Å². The van der Waals surface area contributed by atoms with Crippen LogP contribution in [0.4, 0.5) is 0 Å². The summed E-state index contributed by atoms with van der Waals surface area (Å²) in [5.41, 5.74) is 4.71. The highest BCUT2D eigenvalue weighted by Crippen LogP contribution is 2.45. The highest BCUT2D eigenvalue weighted by molar-refractivity contribution is 6.21. The Morgan fingerprint density at radius 1 is 0.377 bits per heavy atom. The molecule has 0 radical (unpaired) electrons. The Bertz CT molecular complexity index is 3580. The molecule has 0 aliphatic rings. The van der Waals surface area contributed by atoms with Crippen molar-refractivity contribution in [3.63, 3.8) is 0 Å². The van der Waals surface area contributed by atoms with E-state index in [9.17, 15) is 0 Å². The second-order valence-electron chi connectivity index (χ2n) is 12.5. The number of para-hydroxylation sites is 3. The molecule has 1 heterocycles. The van der Waals surface area contributed by atoms with Gasteiger partial charge in [-0.2, -0.15) is 0 Å². The number of hydrogen-bond donors (Lipinski definition) is 0. The van der Waals surface area contributed by atoms with Gasteiger partial charge in [-0.1, -0.05) is 163 Å². The first-order chi connectivity index (χ1) is 32.5. The Labute approximate surface area is 330 Å². The second-order valence-corrected chi connectivity index (χ2v) is 12.5. The minimum Gasteiger partial charge on any atom is -0.292 e. The third-order valence-electron chi connectivity index (χ3n) is 9.43. The van der Waals surface area contributed by atoms with Gasteiger partial charge in [0.15, 0.2) is 0 Å². The van der Waals surface area contributed by atoms with E-state index in [1.807, 2.05) is 78.9 Å². The molecule has 0 atom stereocenters. The number of fused-ring (bicyclic) bond motifs is 3. The van der Waals surface area contributed by atoms with Gasteiger partial charge in [-0.25, -0.2) is 4.98 Å². The SMILES string of the molecule is [2H]c1c([2H])c([2H])c(-c2cc(-c3c([2H])c([2H])c([2H])c([2H])c3[2H])cc(-c3c4ccccc4c(-c4ccc(-c5nc6ccccc6n5-c5c([2H])c([2H])c([2H])c([2H])c5[2H])cc4)c4ccccc34)c2)c([2H])c1[2H]. The molecule has 0 spiro atoms. The van der Waals surface area contributed by atoms with E-state index in [1.165, 1.54) is 6.07 Å². The first kappa shape index (κ1) is 19.0. The van der Waals surface area contributed by atoms with Crippen molar-refractivity contribution in [3.8, 4) is 61.6 Å². The number of nitrogens with zero attached hydrogens (tertiary/aromatic N) is 2. The van der Waals surface area contributed by atoms with Crippen molar-refractivity contribution < 1.29 is 20.6 Å². The minimum atomic E-state index is -0.570. The monoisotopic (exact) mass is 689 g/mol. The molecule has 0 aliphatic carbocycles. The number of aromatic nitrogens is 2. The van der Waals surface area contributed by atoms with E-state index in [0.29, 0.717) is 33.5 Å². The maximum absolute atomic E-state index is 8.91. The third-order valence-corrected chi connectivity index (χ3v) is 9.43. The summed E-state index contributed by atoms with van der Waals surface area (Å²) in [5, 5.41) is 3.16. The summed E-state index contributed by atoms with van der Waals surface area (Å²) in [5.74, 6) is 0.371. The van der Waals surface area contributed by atoms with Crippen LogP contribution in [0.15, 0.2) is 206 Å². The fourth-order valence-corrected chi connectivity index (χ4v) is 7.19. The van der Waals surface area contributed by atoms with Gasteiger partial charge in [0.1, 0.15) is 5.82 Å². The Balaban J connectivity index is 1.22. The molecule has 248 valence electrons. The van der Waals surface area contributed by atoms with Crippen LogP contribution in [0.25, 0.3) is 94.2 Å². The third kappa shape index (κ3) is 5.40. The van der Waals surface area contributed by atoms with Gasteiger partial charge in [-0.3, -0.25) is 4.57 Å². The lowest BCUT2D eigenvalue weighted by molar-refractivity contribution is 1.10. The summed E-state index contributed by atoms with van der Waals surface area (Å²) in [6, 6.07) is 27.8. The van der Waals surface area contributed by atoms with Crippen LogP contribution in [0.2, 0.25) is 0 Å². The standard InChI is InChI=1S/C51H34N2/c1-4-16-35(17-5-1)39-32-40(36-18-6-2-7-19-36)34-41(33-39)50-45-24-12-10-22-43(45)49(44-23-11-13-25-46(44)50)37-28-30-38(31-29-37)51-52-47-26-14-15-27-48(47)53(51)42-20-8-3-9-21-42/h1-34H/i1D,2D,3D,4D,5D,6D,7D,8D,9D,16D,17D,18D,19D,20D,21D. The Hall–Kier alpha value is -7.03. The minimum absolute atomic E-state index is 0.0262. The van der Waals surface area contributed by atoms with Crippen molar-refractivity contribution in [2.75, 3.05) is 0 Å². The van der Waals surface area contributed by atoms with Crippen LogP contribution in [0, 0.1) is 0 Å². The fraction of sp³-hybridized carbons (Fsp3) is 0. The van der Waals surface area contributed by atoms with Gasteiger partial charge < -0.3 is 0 Å². The Kier molecular flexibility index (Phi) is 4.64. The summed E-state index contributed by atoms with van der Waals surface area (Å²) in [4.78, 5) is 4.90. The Morgan fingerprint density at radius 2 is 0.811 bits per heavy atom. The highest BCUT2D eigenvalue weighted by atomic mass is 15.1. The first-order valence-corrected chi connectivity index (χ1v) is 16.9. The molecule has 0 saturated carbocycles. The van der Waals surface area contributed by atoms with Crippen molar-refractivity contribution in [2.45, 2.75) is 0 Å². The molecule has 0 fully saturated rings. The second kappa shape index (κ2) is 12.9. The lowest BCUT2D eigenvalue weighted by Crippen LogP contribution is -1.97. The van der Waals surface area contributed by atoms with Gasteiger partial charge in [0, 0.05) is 11.3 Å². The van der Waals surface area contributed by atoms with Gasteiger partial charge in [0.05, 0.1) is 31.6 Å². The summed E-state index contributed by atoms with van der Waals surface area (Å²) in [6.07, 6.45) is 0. The van der Waals surface area contributed by atoms with Crippen molar-refractivity contribution in [1.29, 1.82) is 0 Å². The molecule has 0 amide bonds. The number of rotatable bonds is 6. The molecule has 0 aliphatic heterocycles.